The fourth-order valence-electron chi connectivity index (χ4n) is 1.59. The maximum atomic E-state index is 11.5. The van der Waals surface area contributed by atoms with Gasteiger partial charge >= 0.3 is 6.09 Å². The lowest BCUT2D eigenvalue weighted by molar-refractivity contribution is -0.123. The normalized spacial score (nSPS) is 11.3. The largest absolute Gasteiger partial charge is 0.443 e. The van der Waals surface area contributed by atoms with E-state index in [2.05, 4.69) is 16.2 Å². The van der Waals surface area contributed by atoms with Crippen molar-refractivity contribution >= 4 is 12.0 Å². The number of carbonyl (C=O) groups excluding carboxylic acids is 2. The van der Waals surface area contributed by atoms with Crippen molar-refractivity contribution in [2.75, 3.05) is 66.4 Å². The molecule has 2 amide bonds. The van der Waals surface area contributed by atoms with Crippen LogP contribution in [0.1, 0.15) is 27.2 Å². The standard InChI is InChI=1S/C17H35N3O7/c1-17(2,3)27-16(22)20-19-15(21)5-7-23-9-11-25-13-14-26-12-10-24-8-6-18-4/h18H,5-14H2,1-4H3,(H,19,21)(H,20,22). The average Bonchev–Trinajstić information content (AvgIpc) is 2.59. The molecule has 0 radical (unpaired) electrons. The lowest BCUT2D eigenvalue weighted by Gasteiger charge is -2.19. The highest BCUT2D eigenvalue weighted by Crippen LogP contribution is 2.05. The SMILES string of the molecule is CNCCOCCOCCOCCOCCC(=O)NNC(=O)OC(C)(C)C. The van der Waals surface area contributed by atoms with Crippen LogP contribution in [-0.2, 0) is 28.5 Å². The molecule has 0 aliphatic carbocycles. The van der Waals surface area contributed by atoms with Crippen LogP contribution in [0.25, 0.3) is 0 Å². The van der Waals surface area contributed by atoms with Crippen molar-refractivity contribution < 1.29 is 33.3 Å². The van der Waals surface area contributed by atoms with Gasteiger partial charge in [0.2, 0.25) is 5.91 Å². The topological polar surface area (TPSA) is 116 Å². The van der Waals surface area contributed by atoms with E-state index in [1.165, 1.54) is 0 Å². The molecule has 0 saturated carbocycles. The van der Waals surface area contributed by atoms with Crippen molar-refractivity contribution in [3.05, 3.63) is 0 Å². The quantitative estimate of drug-likeness (QED) is 0.267. The molecule has 0 bridgehead atoms. The first-order valence-corrected chi connectivity index (χ1v) is 9.08. The van der Waals surface area contributed by atoms with Gasteiger partial charge in [-0.1, -0.05) is 0 Å². The number of ether oxygens (including phenoxy) is 5. The Bertz CT molecular complexity index is 389. The highest BCUT2D eigenvalue weighted by molar-refractivity contribution is 5.79. The number of likely N-dealkylation sites (N-methyl/N-ethyl adjacent to an activating group) is 1. The Morgan fingerprint density at radius 3 is 1.70 bits per heavy atom. The van der Waals surface area contributed by atoms with Crippen LogP contribution in [0, 0.1) is 0 Å². The summed E-state index contributed by atoms with van der Waals surface area (Å²) in [5, 5.41) is 2.99. The fourth-order valence-corrected chi connectivity index (χ4v) is 1.59. The summed E-state index contributed by atoms with van der Waals surface area (Å²) in [6, 6.07) is 0. The Labute approximate surface area is 161 Å². The maximum absolute atomic E-state index is 11.5. The van der Waals surface area contributed by atoms with Crippen LogP contribution in [0.2, 0.25) is 0 Å². The van der Waals surface area contributed by atoms with E-state index in [1.807, 2.05) is 7.05 Å². The van der Waals surface area contributed by atoms with Crippen molar-refractivity contribution in [2.45, 2.75) is 32.8 Å². The van der Waals surface area contributed by atoms with E-state index >= 15 is 0 Å². The predicted octanol–water partition coefficient (Wildman–Crippen LogP) is 0.218. The van der Waals surface area contributed by atoms with Crippen molar-refractivity contribution in [3.63, 3.8) is 0 Å². The number of carbonyl (C=O) groups is 2. The summed E-state index contributed by atoms with van der Waals surface area (Å²) in [7, 11) is 1.87. The number of hydrazine groups is 1. The van der Waals surface area contributed by atoms with Crippen molar-refractivity contribution in [1.82, 2.24) is 16.2 Å². The van der Waals surface area contributed by atoms with Gasteiger partial charge in [-0.25, -0.2) is 10.2 Å². The molecular formula is C17H35N3O7. The first-order chi connectivity index (χ1) is 12.8. The van der Waals surface area contributed by atoms with Gasteiger partial charge in [0.05, 0.1) is 59.3 Å². The van der Waals surface area contributed by atoms with Crippen LogP contribution >= 0.6 is 0 Å². The minimum Gasteiger partial charge on any atom is -0.443 e. The monoisotopic (exact) mass is 393 g/mol. The Morgan fingerprint density at radius 1 is 0.741 bits per heavy atom. The number of amides is 2. The molecule has 0 aromatic rings. The minimum atomic E-state index is -0.711. The molecule has 10 heteroatoms. The molecule has 0 aliphatic heterocycles. The van der Waals surface area contributed by atoms with Gasteiger partial charge < -0.3 is 29.0 Å². The van der Waals surface area contributed by atoms with Gasteiger partial charge in [0.15, 0.2) is 0 Å². The number of hydrogen-bond acceptors (Lipinski definition) is 8. The molecule has 0 rings (SSSR count). The van der Waals surface area contributed by atoms with Crippen LogP contribution in [0.15, 0.2) is 0 Å². The molecule has 0 unspecified atom stereocenters. The average molecular weight is 393 g/mol. The molecule has 3 N–H and O–H groups in total. The highest BCUT2D eigenvalue weighted by atomic mass is 16.6. The van der Waals surface area contributed by atoms with Crippen molar-refractivity contribution in [2.24, 2.45) is 0 Å². The molecule has 0 fully saturated rings. The molecule has 0 spiro atoms. The third-order valence-electron chi connectivity index (χ3n) is 2.79. The number of nitrogens with one attached hydrogen (secondary N) is 3. The Hall–Kier alpha value is -1.46. The summed E-state index contributed by atoms with van der Waals surface area (Å²) in [4.78, 5) is 22.9. The molecule has 160 valence electrons. The summed E-state index contributed by atoms with van der Waals surface area (Å²) in [6.45, 7) is 9.78. The molecule has 0 saturated heterocycles. The van der Waals surface area contributed by atoms with Gasteiger partial charge in [0.1, 0.15) is 5.60 Å². The molecule has 0 aromatic carbocycles. The number of rotatable bonds is 15. The van der Waals surface area contributed by atoms with E-state index in [9.17, 15) is 9.59 Å². The second kappa shape index (κ2) is 16.7. The van der Waals surface area contributed by atoms with Crippen molar-refractivity contribution in [3.8, 4) is 0 Å². The third kappa shape index (κ3) is 20.7. The summed E-state index contributed by atoms with van der Waals surface area (Å²) >= 11 is 0. The zero-order valence-electron chi connectivity index (χ0n) is 16.9. The van der Waals surface area contributed by atoms with E-state index in [1.54, 1.807) is 20.8 Å². The first kappa shape index (κ1) is 25.5. The van der Waals surface area contributed by atoms with E-state index in [4.69, 9.17) is 23.7 Å². The molecule has 0 heterocycles. The summed E-state index contributed by atoms with van der Waals surface area (Å²) < 4.78 is 26.2. The summed E-state index contributed by atoms with van der Waals surface area (Å²) in [5.41, 5.74) is 3.80. The van der Waals surface area contributed by atoms with Crippen molar-refractivity contribution in [1.29, 1.82) is 0 Å². The van der Waals surface area contributed by atoms with E-state index in [0.717, 1.165) is 6.54 Å². The lowest BCUT2D eigenvalue weighted by Crippen LogP contribution is -2.44. The fraction of sp³-hybridized carbons (Fsp3) is 0.882. The third-order valence-corrected chi connectivity index (χ3v) is 2.79. The zero-order valence-corrected chi connectivity index (χ0v) is 16.9. The van der Waals surface area contributed by atoms with Gasteiger partial charge in [0.25, 0.3) is 0 Å². The molecule has 10 nitrogen and oxygen atoms in total. The van der Waals surface area contributed by atoms with E-state index in [-0.39, 0.29) is 18.9 Å². The molecule has 0 aliphatic rings. The molecular weight excluding hydrogens is 358 g/mol. The van der Waals surface area contributed by atoms with Gasteiger partial charge in [0, 0.05) is 6.54 Å². The first-order valence-electron chi connectivity index (χ1n) is 9.08. The second-order valence-electron chi connectivity index (χ2n) is 6.48. The summed E-state index contributed by atoms with van der Waals surface area (Å²) in [6.07, 6.45) is -0.594. The Balaban J connectivity index is 3.30. The molecule has 27 heavy (non-hydrogen) atoms. The van der Waals surface area contributed by atoms with Gasteiger partial charge in [-0.15, -0.1) is 0 Å². The Morgan fingerprint density at radius 2 is 1.22 bits per heavy atom. The van der Waals surface area contributed by atoms with Crippen LogP contribution in [-0.4, -0.2) is 84.0 Å². The molecule has 0 atom stereocenters. The summed E-state index contributed by atoms with van der Waals surface area (Å²) in [5.74, 6) is -0.368. The lowest BCUT2D eigenvalue weighted by atomic mass is 10.2. The Kier molecular flexibility index (Phi) is 15.8. The van der Waals surface area contributed by atoms with Gasteiger partial charge in [-0.05, 0) is 27.8 Å². The highest BCUT2D eigenvalue weighted by Gasteiger charge is 2.16. The second-order valence-corrected chi connectivity index (χ2v) is 6.48. The van der Waals surface area contributed by atoms with E-state index in [0.29, 0.717) is 46.2 Å². The van der Waals surface area contributed by atoms with E-state index < -0.39 is 11.7 Å². The van der Waals surface area contributed by atoms with Crippen LogP contribution in [0.3, 0.4) is 0 Å². The number of hydrogen-bond donors (Lipinski definition) is 3. The maximum Gasteiger partial charge on any atom is 0.426 e. The van der Waals surface area contributed by atoms with Gasteiger partial charge in [-0.2, -0.15) is 0 Å². The zero-order chi connectivity index (χ0) is 20.4. The van der Waals surface area contributed by atoms with Gasteiger partial charge in [-0.3, -0.25) is 10.2 Å². The smallest absolute Gasteiger partial charge is 0.426 e. The van der Waals surface area contributed by atoms with Crippen LogP contribution in [0.5, 0.6) is 0 Å². The van der Waals surface area contributed by atoms with Crippen LogP contribution < -0.4 is 16.2 Å². The minimum absolute atomic E-state index is 0.118. The molecule has 0 aromatic heterocycles. The van der Waals surface area contributed by atoms with Crippen LogP contribution in [0.4, 0.5) is 4.79 Å². The predicted molar refractivity (Wildman–Crippen MR) is 99.3 cm³/mol.